The van der Waals surface area contributed by atoms with Crippen molar-refractivity contribution in [2.75, 3.05) is 33.4 Å². The van der Waals surface area contributed by atoms with Gasteiger partial charge in [-0.3, -0.25) is 14.5 Å². The second-order valence-electron chi connectivity index (χ2n) is 3.79. The Hall–Kier alpha value is -1.14. The first-order chi connectivity index (χ1) is 7.65. The number of hydrogen-bond acceptors (Lipinski definition) is 4. The molecule has 0 aliphatic carbocycles. The van der Waals surface area contributed by atoms with Crippen molar-refractivity contribution in [2.24, 2.45) is 0 Å². The zero-order valence-electron chi connectivity index (χ0n) is 9.44. The largest absolute Gasteiger partial charge is 0.481 e. The molecule has 6 nitrogen and oxygen atoms in total. The minimum atomic E-state index is -0.954. The van der Waals surface area contributed by atoms with Crippen molar-refractivity contribution in [3.05, 3.63) is 0 Å². The Kier molecular flexibility index (Phi) is 5.21. The minimum absolute atomic E-state index is 0.157. The fourth-order valence-electron chi connectivity index (χ4n) is 1.80. The van der Waals surface area contributed by atoms with Crippen molar-refractivity contribution in [3.63, 3.8) is 0 Å². The van der Waals surface area contributed by atoms with Crippen molar-refractivity contribution in [2.45, 2.75) is 18.9 Å². The standard InChI is InChI=1S/C10H18N2O4/c1-16-6-5-12-4-2-3-11-10(15)8(12)7-9(13)14/h8H,2-7H2,1H3,(H,11,15)(H,13,14). The summed E-state index contributed by atoms with van der Waals surface area (Å²) >= 11 is 0. The molecule has 0 bridgehead atoms. The smallest absolute Gasteiger partial charge is 0.305 e. The van der Waals surface area contributed by atoms with Gasteiger partial charge in [-0.05, 0) is 6.42 Å². The quantitative estimate of drug-likeness (QED) is 0.653. The Morgan fingerprint density at radius 2 is 2.44 bits per heavy atom. The highest BCUT2D eigenvalue weighted by Crippen LogP contribution is 2.09. The topological polar surface area (TPSA) is 78.9 Å². The molecule has 0 saturated carbocycles. The summed E-state index contributed by atoms with van der Waals surface area (Å²) < 4.78 is 4.95. The highest BCUT2D eigenvalue weighted by atomic mass is 16.5. The van der Waals surface area contributed by atoms with Gasteiger partial charge < -0.3 is 15.2 Å². The number of nitrogens with one attached hydrogen (secondary N) is 1. The summed E-state index contributed by atoms with van der Waals surface area (Å²) in [6.07, 6.45) is 0.682. The van der Waals surface area contributed by atoms with Gasteiger partial charge in [-0.15, -0.1) is 0 Å². The van der Waals surface area contributed by atoms with Gasteiger partial charge in [-0.25, -0.2) is 0 Å². The monoisotopic (exact) mass is 230 g/mol. The molecule has 0 aromatic rings. The maximum absolute atomic E-state index is 11.7. The van der Waals surface area contributed by atoms with Crippen LogP contribution in [0.1, 0.15) is 12.8 Å². The summed E-state index contributed by atoms with van der Waals surface area (Å²) in [6, 6.07) is -0.574. The Labute approximate surface area is 94.6 Å². The third-order valence-electron chi connectivity index (χ3n) is 2.62. The van der Waals surface area contributed by atoms with E-state index in [4.69, 9.17) is 9.84 Å². The second kappa shape index (κ2) is 6.44. The lowest BCUT2D eigenvalue weighted by Gasteiger charge is -2.26. The Bertz CT molecular complexity index is 257. The van der Waals surface area contributed by atoms with Crippen molar-refractivity contribution >= 4 is 11.9 Å². The molecule has 2 N–H and O–H groups in total. The van der Waals surface area contributed by atoms with E-state index in [0.717, 1.165) is 13.0 Å². The van der Waals surface area contributed by atoms with Gasteiger partial charge in [0.15, 0.2) is 0 Å². The maximum Gasteiger partial charge on any atom is 0.305 e. The molecule has 1 aliphatic heterocycles. The zero-order valence-corrected chi connectivity index (χ0v) is 9.44. The van der Waals surface area contributed by atoms with E-state index in [1.165, 1.54) is 0 Å². The molecule has 1 aliphatic rings. The van der Waals surface area contributed by atoms with Crippen LogP contribution in [0, 0.1) is 0 Å². The van der Waals surface area contributed by atoms with Crippen molar-refractivity contribution in [1.29, 1.82) is 0 Å². The van der Waals surface area contributed by atoms with Crippen LogP contribution in [0.15, 0.2) is 0 Å². The molecule has 1 atom stereocenters. The van der Waals surface area contributed by atoms with Crippen LogP contribution in [-0.2, 0) is 14.3 Å². The van der Waals surface area contributed by atoms with Crippen LogP contribution >= 0.6 is 0 Å². The van der Waals surface area contributed by atoms with Crippen LogP contribution in [-0.4, -0.2) is 61.3 Å². The fourth-order valence-corrected chi connectivity index (χ4v) is 1.80. The van der Waals surface area contributed by atoms with Crippen molar-refractivity contribution < 1.29 is 19.4 Å². The molecule has 0 aromatic heterocycles. The molecule has 1 rings (SSSR count). The normalized spacial score (nSPS) is 22.6. The van der Waals surface area contributed by atoms with Gasteiger partial charge in [0, 0.05) is 26.7 Å². The van der Waals surface area contributed by atoms with Crippen LogP contribution in [0.3, 0.4) is 0 Å². The van der Waals surface area contributed by atoms with Crippen LogP contribution in [0.25, 0.3) is 0 Å². The molecule has 1 amide bonds. The van der Waals surface area contributed by atoms with Crippen LogP contribution in [0.4, 0.5) is 0 Å². The van der Waals surface area contributed by atoms with Crippen molar-refractivity contribution in [3.8, 4) is 0 Å². The van der Waals surface area contributed by atoms with Crippen LogP contribution in [0.2, 0.25) is 0 Å². The molecule has 0 spiro atoms. The van der Waals surface area contributed by atoms with E-state index in [0.29, 0.717) is 19.7 Å². The number of methoxy groups -OCH3 is 1. The number of carbonyl (C=O) groups is 2. The summed E-state index contributed by atoms with van der Waals surface area (Å²) in [5.41, 5.74) is 0. The first-order valence-corrected chi connectivity index (χ1v) is 5.37. The number of carbonyl (C=O) groups excluding carboxylic acids is 1. The lowest BCUT2D eigenvalue weighted by molar-refractivity contribution is -0.141. The highest BCUT2D eigenvalue weighted by molar-refractivity contribution is 5.86. The Morgan fingerprint density at radius 3 is 3.06 bits per heavy atom. The van der Waals surface area contributed by atoms with Crippen LogP contribution in [0.5, 0.6) is 0 Å². The van der Waals surface area contributed by atoms with Crippen LogP contribution < -0.4 is 5.32 Å². The van der Waals surface area contributed by atoms with E-state index in [9.17, 15) is 9.59 Å². The van der Waals surface area contributed by atoms with Gasteiger partial charge in [0.05, 0.1) is 19.1 Å². The average molecular weight is 230 g/mol. The predicted molar refractivity (Wildman–Crippen MR) is 57.1 cm³/mol. The van der Waals surface area contributed by atoms with Gasteiger partial charge in [-0.1, -0.05) is 0 Å². The molecule has 0 aromatic carbocycles. The molecule has 0 radical (unpaired) electrons. The molecule has 16 heavy (non-hydrogen) atoms. The average Bonchev–Trinajstić information content (AvgIpc) is 2.39. The number of nitrogens with zero attached hydrogens (tertiary/aromatic N) is 1. The van der Waals surface area contributed by atoms with E-state index in [-0.39, 0.29) is 12.3 Å². The van der Waals surface area contributed by atoms with E-state index in [1.807, 2.05) is 4.90 Å². The summed E-state index contributed by atoms with van der Waals surface area (Å²) in [6.45, 7) is 2.42. The zero-order chi connectivity index (χ0) is 12.0. The molecule has 1 saturated heterocycles. The van der Waals surface area contributed by atoms with E-state index in [2.05, 4.69) is 5.32 Å². The third-order valence-corrected chi connectivity index (χ3v) is 2.62. The highest BCUT2D eigenvalue weighted by Gasteiger charge is 2.29. The van der Waals surface area contributed by atoms with Gasteiger partial charge in [0.2, 0.25) is 5.91 Å². The first kappa shape index (κ1) is 12.9. The van der Waals surface area contributed by atoms with Crippen molar-refractivity contribution in [1.82, 2.24) is 10.2 Å². The van der Waals surface area contributed by atoms with Gasteiger partial charge in [0.25, 0.3) is 0 Å². The maximum atomic E-state index is 11.7. The second-order valence-corrected chi connectivity index (χ2v) is 3.79. The number of hydrogen-bond donors (Lipinski definition) is 2. The minimum Gasteiger partial charge on any atom is -0.481 e. The van der Waals surface area contributed by atoms with E-state index >= 15 is 0 Å². The lowest BCUT2D eigenvalue weighted by atomic mass is 10.1. The number of carboxylic acid groups (broad SMARTS) is 1. The number of ether oxygens (including phenoxy) is 1. The SMILES string of the molecule is COCCN1CCCNC(=O)C1CC(=O)O. The molecule has 1 heterocycles. The number of aliphatic carboxylic acids is 1. The molecule has 1 unspecified atom stereocenters. The molecule has 6 heteroatoms. The van der Waals surface area contributed by atoms with Gasteiger partial charge >= 0.3 is 5.97 Å². The predicted octanol–water partition coefficient (Wildman–Crippen LogP) is -0.702. The third kappa shape index (κ3) is 3.79. The van der Waals surface area contributed by atoms with Gasteiger partial charge in [-0.2, -0.15) is 0 Å². The summed E-state index contributed by atoms with van der Waals surface area (Å²) in [5, 5.41) is 11.5. The lowest BCUT2D eigenvalue weighted by Crippen LogP contribution is -2.46. The first-order valence-electron chi connectivity index (χ1n) is 5.37. The molecular formula is C10H18N2O4. The number of amides is 1. The van der Waals surface area contributed by atoms with E-state index < -0.39 is 12.0 Å². The molecule has 92 valence electrons. The van der Waals surface area contributed by atoms with E-state index in [1.54, 1.807) is 7.11 Å². The summed E-state index contributed by atoms with van der Waals surface area (Å²) in [4.78, 5) is 24.2. The fraction of sp³-hybridized carbons (Fsp3) is 0.800. The summed E-state index contributed by atoms with van der Waals surface area (Å²) in [7, 11) is 1.59. The molecular weight excluding hydrogens is 212 g/mol. The molecule has 1 fully saturated rings. The van der Waals surface area contributed by atoms with Gasteiger partial charge in [0.1, 0.15) is 0 Å². The summed E-state index contributed by atoms with van der Waals surface area (Å²) in [5.74, 6) is -1.15. The number of rotatable bonds is 5. The number of carboxylic acids is 1. The Balaban J connectivity index is 2.64. The Morgan fingerprint density at radius 1 is 1.69 bits per heavy atom.